The Hall–Kier alpha value is -1.53. The van der Waals surface area contributed by atoms with E-state index in [1.165, 1.54) is 13.5 Å². The minimum atomic E-state index is -0.486. The van der Waals surface area contributed by atoms with Crippen molar-refractivity contribution >= 4 is 18.6 Å². The molecule has 5 nitrogen and oxygen atoms in total. The minimum Gasteiger partial charge on any atom is -0.490 e. The van der Waals surface area contributed by atoms with Gasteiger partial charge in [-0.05, 0) is 71.0 Å². The van der Waals surface area contributed by atoms with Gasteiger partial charge >= 0.3 is 13.1 Å². The Morgan fingerprint density at radius 3 is 2.27 bits per heavy atom. The number of hydrogen-bond donors (Lipinski definition) is 0. The van der Waals surface area contributed by atoms with E-state index in [1.807, 2.05) is 39.8 Å². The molecule has 1 aromatic carbocycles. The number of benzene rings is 1. The van der Waals surface area contributed by atoms with E-state index >= 15 is 0 Å². The fraction of sp³-hybridized carbons (Fsp3) is 0.650. The van der Waals surface area contributed by atoms with E-state index in [0.717, 1.165) is 31.1 Å². The normalized spacial score (nSPS) is 22.3. The SMILES string of the molecule is COC(=O)c1ccc(B2OC(C)(C)C(C)(C)O2)cc1OC1CCCCC1. The number of hydrogen-bond acceptors (Lipinski definition) is 5. The van der Waals surface area contributed by atoms with E-state index in [0.29, 0.717) is 11.3 Å². The molecule has 1 aliphatic carbocycles. The Kier molecular flexibility index (Phi) is 5.36. The van der Waals surface area contributed by atoms with Crippen molar-refractivity contribution in [1.82, 2.24) is 0 Å². The van der Waals surface area contributed by atoms with E-state index in [2.05, 4.69) is 0 Å². The average Bonchev–Trinajstić information content (AvgIpc) is 2.83. The summed E-state index contributed by atoms with van der Waals surface area (Å²) in [6, 6.07) is 5.45. The summed E-state index contributed by atoms with van der Waals surface area (Å²) >= 11 is 0. The van der Waals surface area contributed by atoms with Crippen LogP contribution in [0.25, 0.3) is 0 Å². The molecule has 2 aliphatic rings. The van der Waals surface area contributed by atoms with E-state index < -0.39 is 24.3 Å². The second-order valence-corrected chi connectivity index (χ2v) is 8.21. The molecule has 0 amide bonds. The van der Waals surface area contributed by atoms with Crippen LogP contribution in [-0.2, 0) is 14.0 Å². The Morgan fingerprint density at radius 1 is 1.08 bits per heavy atom. The highest BCUT2D eigenvalue weighted by molar-refractivity contribution is 6.62. The summed E-state index contributed by atoms with van der Waals surface area (Å²) in [5.74, 6) is 0.159. The van der Waals surface area contributed by atoms with Crippen molar-refractivity contribution in [2.75, 3.05) is 7.11 Å². The highest BCUT2D eigenvalue weighted by Crippen LogP contribution is 2.37. The molecule has 142 valence electrons. The molecule has 0 spiro atoms. The maximum Gasteiger partial charge on any atom is 0.494 e. The number of methoxy groups -OCH3 is 1. The first-order valence-electron chi connectivity index (χ1n) is 9.48. The van der Waals surface area contributed by atoms with E-state index in [4.69, 9.17) is 18.8 Å². The van der Waals surface area contributed by atoms with Crippen molar-refractivity contribution in [2.45, 2.75) is 77.1 Å². The monoisotopic (exact) mass is 360 g/mol. The topological polar surface area (TPSA) is 54.0 Å². The van der Waals surface area contributed by atoms with Gasteiger partial charge in [-0.25, -0.2) is 4.79 Å². The van der Waals surface area contributed by atoms with Gasteiger partial charge in [0, 0.05) is 0 Å². The van der Waals surface area contributed by atoms with Crippen LogP contribution in [0.2, 0.25) is 0 Å². The number of rotatable bonds is 4. The largest absolute Gasteiger partial charge is 0.494 e. The van der Waals surface area contributed by atoms with Crippen LogP contribution in [0.3, 0.4) is 0 Å². The molecule has 0 unspecified atom stereocenters. The highest BCUT2D eigenvalue weighted by atomic mass is 16.7. The summed E-state index contributed by atoms with van der Waals surface area (Å²) in [6.45, 7) is 8.09. The fourth-order valence-corrected chi connectivity index (χ4v) is 3.40. The van der Waals surface area contributed by atoms with Crippen LogP contribution in [0.15, 0.2) is 18.2 Å². The van der Waals surface area contributed by atoms with Crippen LogP contribution in [-0.4, -0.2) is 37.5 Å². The third-order valence-corrected chi connectivity index (χ3v) is 5.78. The fourth-order valence-electron chi connectivity index (χ4n) is 3.40. The molecule has 0 radical (unpaired) electrons. The van der Waals surface area contributed by atoms with Gasteiger partial charge in [0.25, 0.3) is 0 Å². The van der Waals surface area contributed by atoms with Gasteiger partial charge in [-0.15, -0.1) is 0 Å². The molecule has 1 aliphatic heterocycles. The Morgan fingerprint density at radius 2 is 1.69 bits per heavy atom. The third kappa shape index (κ3) is 3.76. The zero-order valence-electron chi connectivity index (χ0n) is 16.5. The van der Waals surface area contributed by atoms with Gasteiger partial charge in [0.2, 0.25) is 0 Å². The molecule has 1 heterocycles. The Balaban J connectivity index is 1.88. The van der Waals surface area contributed by atoms with Gasteiger partial charge in [0.15, 0.2) is 0 Å². The van der Waals surface area contributed by atoms with Crippen LogP contribution in [0.4, 0.5) is 0 Å². The van der Waals surface area contributed by atoms with Crippen molar-refractivity contribution < 1.29 is 23.6 Å². The molecule has 26 heavy (non-hydrogen) atoms. The van der Waals surface area contributed by atoms with Crippen LogP contribution >= 0.6 is 0 Å². The first-order chi connectivity index (χ1) is 12.2. The van der Waals surface area contributed by atoms with Crippen molar-refractivity contribution in [3.8, 4) is 5.75 Å². The highest BCUT2D eigenvalue weighted by Gasteiger charge is 2.51. The number of ether oxygens (including phenoxy) is 2. The second-order valence-electron chi connectivity index (χ2n) is 8.21. The van der Waals surface area contributed by atoms with Gasteiger partial charge in [-0.1, -0.05) is 12.5 Å². The lowest BCUT2D eigenvalue weighted by Gasteiger charge is -2.32. The zero-order chi connectivity index (χ0) is 18.9. The van der Waals surface area contributed by atoms with Crippen LogP contribution in [0, 0.1) is 0 Å². The third-order valence-electron chi connectivity index (χ3n) is 5.78. The van der Waals surface area contributed by atoms with Crippen LogP contribution < -0.4 is 10.2 Å². The van der Waals surface area contributed by atoms with E-state index in [1.54, 1.807) is 6.07 Å². The van der Waals surface area contributed by atoms with E-state index in [-0.39, 0.29) is 6.10 Å². The molecule has 1 aromatic rings. The summed E-state index contributed by atoms with van der Waals surface area (Å²) in [6.07, 6.45) is 5.74. The second kappa shape index (κ2) is 7.24. The predicted octanol–water partition coefficient (Wildman–Crippen LogP) is 3.48. The van der Waals surface area contributed by atoms with Crippen molar-refractivity contribution in [3.63, 3.8) is 0 Å². The quantitative estimate of drug-likeness (QED) is 0.608. The Bertz CT molecular complexity index is 648. The lowest BCUT2D eigenvalue weighted by Crippen LogP contribution is -2.41. The minimum absolute atomic E-state index is 0.140. The van der Waals surface area contributed by atoms with Crippen molar-refractivity contribution in [3.05, 3.63) is 23.8 Å². The smallest absolute Gasteiger partial charge is 0.490 e. The molecule has 2 fully saturated rings. The number of esters is 1. The molecule has 1 saturated heterocycles. The van der Waals surface area contributed by atoms with Crippen molar-refractivity contribution in [1.29, 1.82) is 0 Å². The molecule has 0 aromatic heterocycles. The molecular formula is C20H29BO5. The van der Waals surface area contributed by atoms with Crippen LogP contribution in [0.1, 0.15) is 70.2 Å². The lowest BCUT2D eigenvalue weighted by molar-refractivity contribution is 0.00578. The molecule has 0 N–H and O–H groups in total. The maximum absolute atomic E-state index is 12.1. The summed E-state index contributed by atoms with van der Waals surface area (Å²) < 4.78 is 23.4. The summed E-state index contributed by atoms with van der Waals surface area (Å²) in [5, 5.41) is 0. The van der Waals surface area contributed by atoms with Gasteiger partial charge < -0.3 is 18.8 Å². The molecular weight excluding hydrogens is 331 g/mol. The van der Waals surface area contributed by atoms with Crippen molar-refractivity contribution in [2.24, 2.45) is 0 Å². The zero-order valence-corrected chi connectivity index (χ0v) is 16.5. The van der Waals surface area contributed by atoms with Gasteiger partial charge in [0.1, 0.15) is 11.3 Å². The molecule has 0 atom stereocenters. The van der Waals surface area contributed by atoms with Gasteiger partial charge in [-0.2, -0.15) is 0 Å². The number of carbonyl (C=O) groups is 1. The summed E-state index contributed by atoms with van der Waals surface area (Å²) in [7, 11) is 0.898. The molecule has 3 rings (SSSR count). The van der Waals surface area contributed by atoms with Gasteiger partial charge in [0.05, 0.1) is 24.4 Å². The molecule has 0 bridgehead atoms. The van der Waals surface area contributed by atoms with Gasteiger partial charge in [-0.3, -0.25) is 0 Å². The average molecular weight is 360 g/mol. The summed E-state index contributed by atoms with van der Waals surface area (Å²) in [4.78, 5) is 12.1. The van der Waals surface area contributed by atoms with Crippen LogP contribution in [0.5, 0.6) is 5.75 Å². The standard InChI is InChI=1S/C20H29BO5/c1-19(2)20(3,4)26-21(25-19)14-11-12-16(18(22)23-5)17(13-14)24-15-9-7-6-8-10-15/h11-13,15H,6-10H2,1-5H3. The first-order valence-corrected chi connectivity index (χ1v) is 9.48. The molecule has 1 saturated carbocycles. The maximum atomic E-state index is 12.1. The number of carbonyl (C=O) groups excluding carboxylic acids is 1. The lowest BCUT2D eigenvalue weighted by atomic mass is 9.78. The molecule has 6 heteroatoms. The predicted molar refractivity (Wildman–Crippen MR) is 101 cm³/mol. The van der Waals surface area contributed by atoms with E-state index in [9.17, 15) is 4.79 Å². The summed E-state index contributed by atoms with van der Waals surface area (Å²) in [5.41, 5.74) is 0.465. The first kappa shape index (κ1) is 19.2. The Labute approximate surface area is 156 Å².